The fourth-order valence-corrected chi connectivity index (χ4v) is 4.36. The largest absolute Gasteiger partial charge is 0.505 e. The molecule has 1 aliphatic heterocycles. The molecule has 3 N–H and O–H groups in total. The SMILES string of the molecule is O=C(Nc1cccnc1)C1=C(O)c2ccc3ccccc3c2S(=O)(=O)N1. The van der Waals surface area contributed by atoms with Crippen molar-refractivity contribution in [2.75, 3.05) is 5.32 Å². The molecule has 1 aromatic heterocycles. The van der Waals surface area contributed by atoms with E-state index in [4.69, 9.17) is 0 Å². The Balaban J connectivity index is 1.86. The number of pyridine rings is 1. The third kappa shape index (κ3) is 2.56. The van der Waals surface area contributed by atoms with E-state index in [1.165, 1.54) is 18.5 Å². The predicted molar refractivity (Wildman–Crippen MR) is 96.7 cm³/mol. The van der Waals surface area contributed by atoms with Crippen LogP contribution in [0.15, 0.2) is 71.5 Å². The first kappa shape index (κ1) is 16.1. The van der Waals surface area contributed by atoms with Gasteiger partial charge >= 0.3 is 0 Å². The number of aliphatic hydroxyl groups excluding tert-OH is 1. The predicted octanol–water partition coefficient (Wildman–Crippen LogP) is 2.39. The van der Waals surface area contributed by atoms with Crippen LogP contribution in [0.4, 0.5) is 5.69 Å². The van der Waals surface area contributed by atoms with Crippen molar-refractivity contribution in [3.8, 4) is 0 Å². The molecule has 0 atom stereocenters. The van der Waals surface area contributed by atoms with Gasteiger partial charge in [0.2, 0.25) is 0 Å². The molecule has 0 spiro atoms. The zero-order valence-corrected chi connectivity index (χ0v) is 14.1. The fraction of sp³-hybridized carbons (Fsp3) is 0. The summed E-state index contributed by atoms with van der Waals surface area (Å²) in [5, 5.41) is 14.2. The summed E-state index contributed by atoms with van der Waals surface area (Å²) >= 11 is 0. The molecule has 1 aliphatic rings. The van der Waals surface area contributed by atoms with E-state index in [-0.39, 0.29) is 10.5 Å². The van der Waals surface area contributed by atoms with Crippen molar-refractivity contribution in [3.63, 3.8) is 0 Å². The van der Waals surface area contributed by atoms with Gasteiger partial charge in [-0.1, -0.05) is 30.3 Å². The summed E-state index contributed by atoms with van der Waals surface area (Å²) in [5.74, 6) is -1.21. The van der Waals surface area contributed by atoms with Crippen LogP contribution in [0, 0.1) is 0 Å². The Labute approximate surface area is 149 Å². The van der Waals surface area contributed by atoms with Crippen LogP contribution in [0.3, 0.4) is 0 Å². The van der Waals surface area contributed by atoms with Crippen LogP contribution >= 0.6 is 0 Å². The van der Waals surface area contributed by atoms with Crippen molar-refractivity contribution >= 4 is 38.1 Å². The fourth-order valence-electron chi connectivity index (χ4n) is 2.87. The second-order valence-electron chi connectivity index (χ2n) is 5.69. The number of carbonyl (C=O) groups is 1. The van der Waals surface area contributed by atoms with Gasteiger partial charge in [0.05, 0.1) is 11.9 Å². The topological polar surface area (TPSA) is 108 Å². The van der Waals surface area contributed by atoms with Gasteiger partial charge in [-0.25, -0.2) is 8.42 Å². The molecule has 2 heterocycles. The number of rotatable bonds is 2. The summed E-state index contributed by atoms with van der Waals surface area (Å²) in [6, 6.07) is 13.3. The molecule has 26 heavy (non-hydrogen) atoms. The van der Waals surface area contributed by atoms with Crippen molar-refractivity contribution in [2.24, 2.45) is 0 Å². The van der Waals surface area contributed by atoms with Crippen LogP contribution in [0.2, 0.25) is 0 Å². The quantitative estimate of drug-likeness (QED) is 0.644. The van der Waals surface area contributed by atoms with Gasteiger partial charge in [0.1, 0.15) is 4.90 Å². The number of hydrogen-bond acceptors (Lipinski definition) is 5. The van der Waals surface area contributed by atoms with E-state index in [2.05, 4.69) is 15.0 Å². The van der Waals surface area contributed by atoms with Crippen LogP contribution in [0.25, 0.3) is 16.5 Å². The second-order valence-corrected chi connectivity index (χ2v) is 7.31. The van der Waals surface area contributed by atoms with E-state index in [0.717, 1.165) is 0 Å². The summed E-state index contributed by atoms with van der Waals surface area (Å²) in [4.78, 5) is 16.3. The minimum Gasteiger partial charge on any atom is -0.505 e. The molecular formula is C18H13N3O4S. The first-order valence-corrected chi connectivity index (χ1v) is 9.15. The molecule has 0 radical (unpaired) electrons. The molecule has 0 unspecified atom stereocenters. The summed E-state index contributed by atoms with van der Waals surface area (Å²) in [5.41, 5.74) is 0.0247. The monoisotopic (exact) mass is 367 g/mol. The molecule has 130 valence electrons. The van der Waals surface area contributed by atoms with Gasteiger partial charge in [-0.15, -0.1) is 0 Å². The maximum absolute atomic E-state index is 12.8. The summed E-state index contributed by atoms with van der Waals surface area (Å²) in [6.45, 7) is 0. The number of carbonyl (C=O) groups excluding carboxylic acids is 1. The number of benzene rings is 2. The summed E-state index contributed by atoms with van der Waals surface area (Å²) in [7, 11) is -4.03. The molecular weight excluding hydrogens is 354 g/mol. The molecule has 7 nitrogen and oxygen atoms in total. The van der Waals surface area contributed by atoms with Crippen molar-refractivity contribution in [3.05, 3.63) is 72.2 Å². The highest BCUT2D eigenvalue weighted by molar-refractivity contribution is 7.90. The lowest BCUT2D eigenvalue weighted by Gasteiger charge is -2.22. The zero-order chi connectivity index (χ0) is 18.3. The Bertz CT molecular complexity index is 1170. The highest BCUT2D eigenvalue weighted by Gasteiger charge is 2.34. The third-order valence-corrected chi connectivity index (χ3v) is 5.47. The average molecular weight is 367 g/mol. The zero-order valence-electron chi connectivity index (χ0n) is 13.3. The van der Waals surface area contributed by atoms with Crippen molar-refractivity contribution in [1.29, 1.82) is 0 Å². The molecule has 0 fully saturated rings. The second kappa shape index (κ2) is 5.85. The van der Waals surface area contributed by atoms with Crippen LogP contribution < -0.4 is 10.0 Å². The van der Waals surface area contributed by atoms with Crippen LogP contribution in [-0.4, -0.2) is 24.4 Å². The summed E-state index contributed by atoms with van der Waals surface area (Å²) < 4.78 is 27.7. The van der Waals surface area contributed by atoms with Gasteiger partial charge in [-0.05, 0) is 23.6 Å². The van der Waals surface area contributed by atoms with Crippen LogP contribution in [0.1, 0.15) is 5.56 Å². The molecule has 0 saturated heterocycles. The van der Waals surface area contributed by atoms with E-state index >= 15 is 0 Å². The van der Waals surface area contributed by atoms with E-state index in [9.17, 15) is 18.3 Å². The lowest BCUT2D eigenvalue weighted by Crippen LogP contribution is -2.35. The van der Waals surface area contributed by atoms with Crippen LogP contribution in [0.5, 0.6) is 0 Å². The van der Waals surface area contributed by atoms with Crippen LogP contribution in [-0.2, 0) is 14.8 Å². The smallest absolute Gasteiger partial charge is 0.276 e. The molecule has 3 aromatic rings. The Kier molecular flexibility index (Phi) is 3.62. The number of hydrogen-bond donors (Lipinski definition) is 3. The molecule has 2 aromatic carbocycles. The van der Waals surface area contributed by atoms with Crippen molar-refractivity contribution < 1.29 is 18.3 Å². The standard InChI is InChI=1S/C18H13N3O4S/c22-16-14-8-7-11-4-1-2-6-13(11)17(14)26(24,25)21-15(16)18(23)20-12-5-3-9-19-10-12/h1-10,21-22H,(H,20,23). The van der Waals surface area contributed by atoms with Gasteiger partial charge in [-0.3, -0.25) is 14.5 Å². The summed E-state index contributed by atoms with van der Waals surface area (Å²) in [6.07, 6.45) is 2.95. The Morgan fingerprint density at radius 2 is 1.88 bits per heavy atom. The van der Waals surface area contributed by atoms with Gasteiger partial charge in [0.25, 0.3) is 15.9 Å². The maximum Gasteiger partial charge on any atom is 0.276 e. The average Bonchev–Trinajstić information content (AvgIpc) is 2.64. The van der Waals surface area contributed by atoms with E-state index in [1.807, 2.05) is 0 Å². The highest BCUT2D eigenvalue weighted by atomic mass is 32.2. The van der Waals surface area contributed by atoms with Crippen molar-refractivity contribution in [1.82, 2.24) is 9.71 Å². The van der Waals surface area contributed by atoms with E-state index in [0.29, 0.717) is 16.5 Å². The number of anilines is 1. The number of aromatic nitrogens is 1. The molecule has 0 aliphatic carbocycles. The number of amides is 1. The minimum absolute atomic E-state index is 0.0500. The van der Waals surface area contributed by atoms with Gasteiger partial charge in [-0.2, -0.15) is 0 Å². The normalized spacial score (nSPS) is 15.2. The van der Waals surface area contributed by atoms with Gasteiger partial charge < -0.3 is 10.4 Å². The lowest BCUT2D eigenvalue weighted by molar-refractivity contribution is -0.113. The molecule has 4 rings (SSSR count). The Morgan fingerprint density at radius 3 is 2.65 bits per heavy atom. The number of fused-ring (bicyclic) bond motifs is 3. The highest BCUT2D eigenvalue weighted by Crippen LogP contribution is 2.35. The Morgan fingerprint density at radius 1 is 1.08 bits per heavy atom. The van der Waals surface area contributed by atoms with E-state index in [1.54, 1.807) is 42.5 Å². The number of aliphatic hydroxyl groups is 1. The van der Waals surface area contributed by atoms with Crippen molar-refractivity contribution in [2.45, 2.75) is 4.90 Å². The van der Waals surface area contributed by atoms with Gasteiger partial charge in [0, 0.05) is 17.1 Å². The third-order valence-electron chi connectivity index (χ3n) is 4.02. The maximum atomic E-state index is 12.8. The number of nitrogens with one attached hydrogen (secondary N) is 2. The molecule has 1 amide bonds. The minimum atomic E-state index is -4.03. The number of nitrogens with zero attached hydrogens (tertiary/aromatic N) is 1. The number of sulfonamides is 1. The molecule has 0 saturated carbocycles. The Hall–Kier alpha value is -3.39. The first-order chi connectivity index (χ1) is 12.5. The van der Waals surface area contributed by atoms with E-state index < -0.39 is 27.4 Å². The lowest BCUT2D eigenvalue weighted by atomic mass is 10.0. The first-order valence-electron chi connectivity index (χ1n) is 7.67. The van der Waals surface area contributed by atoms with Gasteiger partial charge in [0.15, 0.2) is 11.5 Å². The molecule has 0 bridgehead atoms. The molecule has 8 heteroatoms.